The van der Waals surface area contributed by atoms with E-state index in [1.54, 1.807) is 24.3 Å². The highest BCUT2D eigenvalue weighted by molar-refractivity contribution is 6.00. The summed E-state index contributed by atoms with van der Waals surface area (Å²) in [5.41, 5.74) is 7.25. The number of aromatic nitrogens is 1. The molecule has 3 aromatic rings. The molecule has 0 saturated heterocycles. The average molecular weight is 437 g/mol. The van der Waals surface area contributed by atoms with Gasteiger partial charge in [-0.15, -0.1) is 0 Å². The molecule has 10 nitrogen and oxygen atoms in total. The molecule has 1 atom stereocenters. The molecule has 0 aliphatic heterocycles. The Bertz CT molecular complexity index is 1120. The predicted octanol–water partition coefficient (Wildman–Crippen LogP) is 3.62. The van der Waals surface area contributed by atoms with Gasteiger partial charge in [-0.1, -0.05) is 26.0 Å². The molecule has 3 rings (SSSR count). The number of nitro benzene ring substituents is 1. The number of anilines is 2. The molecule has 0 fully saturated rings. The number of oxazole rings is 1. The quantitative estimate of drug-likeness (QED) is 0.276. The van der Waals surface area contributed by atoms with E-state index in [0.29, 0.717) is 23.4 Å². The summed E-state index contributed by atoms with van der Waals surface area (Å²) in [4.78, 5) is 40.0. The van der Waals surface area contributed by atoms with Crippen LogP contribution in [-0.4, -0.2) is 27.8 Å². The lowest BCUT2D eigenvalue weighted by Crippen LogP contribution is -2.44. The van der Waals surface area contributed by atoms with Crippen LogP contribution in [0.5, 0.6) is 0 Å². The normalized spacial score (nSPS) is 11.7. The second-order valence-corrected chi connectivity index (χ2v) is 7.57. The number of amides is 2. The van der Waals surface area contributed by atoms with Gasteiger partial charge < -0.3 is 20.8 Å². The van der Waals surface area contributed by atoms with Crippen LogP contribution in [0.25, 0.3) is 11.5 Å². The fraction of sp³-hybridized carbons (Fsp3) is 0.227. The fourth-order valence-electron chi connectivity index (χ4n) is 3.02. The van der Waals surface area contributed by atoms with Crippen LogP contribution in [0.15, 0.2) is 59.2 Å². The first-order valence-corrected chi connectivity index (χ1v) is 9.91. The van der Waals surface area contributed by atoms with E-state index in [2.05, 4.69) is 15.6 Å². The van der Waals surface area contributed by atoms with Crippen molar-refractivity contribution in [3.05, 3.63) is 70.6 Å². The van der Waals surface area contributed by atoms with E-state index in [-0.39, 0.29) is 23.2 Å². The van der Waals surface area contributed by atoms with Gasteiger partial charge in [-0.05, 0) is 36.6 Å². The van der Waals surface area contributed by atoms with Gasteiger partial charge in [0.25, 0.3) is 11.6 Å². The third-order valence-electron chi connectivity index (χ3n) is 4.60. The van der Waals surface area contributed by atoms with E-state index in [9.17, 15) is 19.7 Å². The van der Waals surface area contributed by atoms with Crippen LogP contribution in [0.2, 0.25) is 0 Å². The van der Waals surface area contributed by atoms with Crippen molar-refractivity contribution in [3.8, 4) is 11.5 Å². The molecule has 0 aliphatic rings. The molecule has 0 spiro atoms. The van der Waals surface area contributed by atoms with Gasteiger partial charge in [-0.3, -0.25) is 19.7 Å². The summed E-state index contributed by atoms with van der Waals surface area (Å²) in [5, 5.41) is 16.1. The zero-order valence-corrected chi connectivity index (χ0v) is 17.6. The number of nitrogens with one attached hydrogen (secondary N) is 2. The molecule has 1 aromatic heterocycles. The Morgan fingerprint density at radius 2 is 1.84 bits per heavy atom. The summed E-state index contributed by atoms with van der Waals surface area (Å²) < 4.78 is 5.39. The van der Waals surface area contributed by atoms with Crippen molar-refractivity contribution in [3.63, 3.8) is 0 Å². The Kier molecular flexibility index (Phi) is 6.83. The number of rotatable bonds is 8. The standard InChI is InChI=1S/C22H23N5O5/c1-13(2)11-18(20(28)24-14-7-9-15(10-8-14)27(30)31)25-21(29)19-12-32-22(26-19)16-5-3-4-6-17(16)23/h3-10,12-13,18H,11,23H2,1-2H3,(H,24,28)(H,25,29). The molecule has 1 heterocycles. The monoisotopic (exact) mass is 437 g/mol. The van der Waals surface area contributed by atoms with E-state index < -0.39 is 22.8 Å². The highest BCUT2D eigenvalue weighted by Gasteiger charge is 2.25. The van der Waals surface area contributed by atoms with E-state index in [1.807, 2.05) is 13.8 Å². The molecule has 32 heavy (non-hydrogen) atoms. The first kappa shape index (κ1) is 22.5. The van der Waals surface area contributed by atoms with Gasteiger partial charge in [0.15, 0.2) is 5.69 Å². The fourth-order valence-corrected chi connectivity index (χ4v) is 3.02. The molecule has 1 unspecified atom stereocenters. The van der Waals surface area contributed by atoms with Crippen LogP contribution in [0, 0.1) is 16.0 Å². The number of nitrogens with two attached hydrogens (primary N) is 1. The number of hydrogen-bond acceptors (Lipinski definition) is 7. The van der Waals surface area contributed by atoms with Crippen molar-refractivity contribution in [1.82, 2.24) is 10.3 Å². The van der Waals surface area contributed by atoms with Gasteiger partial charge in [0.05, 0.1) is 10.5 Å². The summed E-state index contributed by atoms with van der Waals surface area (Å²) in [6.07, 6.45) is 1.58. The zero-order chi connectivity index (χ0) is 23.3. The van der Waals surface area contributed by atoms with Gasteiger partial charge in [0, 0.05) is 23.5 Å². The molecule has 0 aliphatic carbocycles. The van der Waals surface area contributed by atoms with Crippen molar-refractivity contribution < 1.29 is 18.9 Å². The minimum Gasteiger partial charge on any atom is -0.444 e. The largest absolute Gasteiger partial charge is 0.444 e. The highest BCUT2D eigenvalue weighted by atomic mass is 16.6. The van der Waals surface area contributed by atoms with Gasteiger partial charge in [0.2, 0.25) is 11.8 Å². The molecular weight excluding hydrogens is 414 g/mol. The molecule has 2 amide bonds. The van der Waals surface area contributed by atoms with Gasteiger partial charge >= 0.3 is 0 Å². The van der Waals surface area contributed by atoms with Crippen molar-refractivity contribution in [2.24, 2.45) is 5.92 Å². The van der Waals surface area contributed by atoms with Gasteiger partial charge in [-0.2, -0.15) is 0 Å². The lowest BCUT2D eigenvalue weighted by atomic mass is 10.0. The number of hydrogen-bond donors (Lipinski definition) is 3. The molecule has 0 bridgehead atoms. The molecule has 2 aromatic carbocycles. The zero-order valence-electron chi connectivity index (χ0n) is 17.6. The second kappa shape index (κ2) is 9.73. The first-order chi connectivity index (χ1) is 15.2. The number of nitrogen functional groups attached to an aromatic ring is 1. The predicted molar refractivity (Wildman–Crippen MR) is 119 cm³/mol. The Balaban J connectivity index is 1.72. The number of carbonyl (C=O) groups excluding carboxylic acids is 2. The lowest BCUT2D eigenvalue weighted by molar-refractivity contribution is -0.384. The Labute approximate surface area is 184 Å². The molecular formula is C22H23N5O5. The van der Waals surface area contributed by atoms with Crippen molar-refractivity contribution in [2.75, 3.05) is 11.1 Å². The van der Waals surface area contributed by atoms with Crippen molar-refractivity contribution in [2.45, 2.75) is 26.3 Å². The summed E-state index contributed by atoms with van der Waals surface area (Å²) in [6.45, 7) is 3.84. The summed E-state index contributed by atoms with van der Waals surface area (Å²) in [7, 11) is 0. The molecule has 4 N–H and O–H groups in total. The second-order valence-electron chi connectivity index (χ2n) is 7.57. The average Bonchev–Trinajstić information content (AvgIpc) is 3.24. The maximum Gasteiger partial charge on any atom is 0.273 e. The topological polar surface area (TPSA) is 153 Å². The van der Waals surface area contributed by atoms with Crippen molar-refractivity contribution in [1.29, 1.82) is 0 Å². The van der Waals surface area contributed by atoms with E-state index in [0.717, 1.165) is 0 Å². The number of nitro groups is 1. The van der Waals surface area contributed by atoms with Crippen LogP contribution >= 0.6 is 0 Å². The molecule has 10 heteroatoms. The maximum absolute atomic E-state index is 12.8. The molecule has 0 saturated carbocycles. The van der Waals surface area contributed by atoms with Gasteiger partial charge in [0.1, 0.15) is 12.3 Å². The highest BCUT2D eigenvalue weighted by Crippen LogP contribution is 2.24. The van der Waals surface area contributed by atoms with E-state index in [4.69, 9.17) is 10.2 Å². The molecule has 0 radical (unpaired) electrons. The van der Waals surface area contributed by atoms with Crippen LogP contribution in [-0.2, 0) is 4.79 Å². The third kappa shape index (κ3) is 5.48. The minimum atomic E-state index is -0.848. The lowest BCUT2D eigenvalue weighted by Gasteiger charge is -2.19. The molecule has 166 valence electrons. The van der Waals surface area contributed by atoms with Crippen molar-refractivity contribution >= 4 is 28.9 Å². The number of para-hydroxylation sites is 1. The first-order valence-electron chi connectivity index (χ1n) is 9.91. The van der Waals surface area contributed by atoms with E-state index >= 15 is 0 Å². The van der Waals surface area contributed by atoms with Gasteiger partial charge in [-0.25, -0.2) is 4.98 Å². The summed E-state index contributed by atoms with van der Waals surface area (Å²) in [5.74, 6) is -0.709. The van der Waals surface area contributed by atoms with Crippen LogP contribution in [0.3, 0.4) is 0 Å². The summed E-state index contributed by atoms with van der Waals surface area (Å²) >= 11 is 0. The Morgan fingerprint density at radius 1 is 1.16 bits per heavy atom. The minimum absolute atomic E-state index is 0.0140. The number of benzene rings is 2. The Hall–Kier alpha value is -4.21. The van der Waals surface area contributed by atoms with Crippen LogP contribution in [0.4, 0.5) is 17.1 Å². The number of non-ortho nitro benzene ring substituents is 1. The SMILES string of the molecule is CC(C)CC(NC(=O)c1coc(-c2ccccc2N)n1)C(=O)Nc1ccc([N+](=O)[O-])cc1. The van der Waals surface area contributed by atoms with Crippen LogP contribution in [0.1, 0.15) is 30.8 Å². The Morgan fingerprint density at radius 3 is 2.47 bits per heavy atom. The third-order valence-corrected chi connectivity index (χ3v) is 4.60. The van der Waals surface area contributed by atoms with E-state index in [1.165, 1.54) is 30.5 Å². The number of carbonyl (C=O) groups is 2. The van der Waals surface area contributed by atoms with Crippen LogP contribution < -0.4 is 16.4 Å². The maximum atomic E-state index is 12.8. The summed E-state index contributed by atoms with van der Waals surface area (Å²) in [6, 6.07) is 11.6. The smallest absolute Gasteiger partial charge is 0.273 e. The number of nitrogens with zero attached hydrogens (tertiary/aromatic N) is 2.